The number of H-pyrrole nitrogens is 1. The minimum atomic E-state index is -3.51. The van der Waals surface area contributed by atoms with E-state index in [4.69, 9.17) is 0 Å². The zero-order valence-corrected chi connectivity index (χ0v) is 12.0. The first-order valence-electron chi connectivity index (χ1n) is 6.27. The van der Waals surface area contributed by atoms with Gasteiger partial charge in [-0.15, -0.1) is 0 Å². The normalized spacial score (nSPS) is 11.9. The van der Waals surface area contributed by atoms with E-state index in [0.717, 1.165) is 25.1 Å². The maximum atomic E-state index is 12.1. The monoisotopic (exact) mass is 274 g/mol. The lowest BCUT2D eigenvalue weighted by Gasteiger charge is -2.07. The molecule has 0 fully saturated rings. The molecule has 7 heteroatoms. The standard InChI is InChI=1S/C11H22N4O2S/c1-4-6-7-13-18(16,17)11-10(8-12-5-2)9(3)14-15-11/h12-13H,4-8H2,1-3H3,(H,14,15). The molecule has 0 aromatic carbocycles. The summed E-state index contributed by atoms with van der Waals surface area (Å²) in [6, 6.07) is 0. The van der Waals surface area contributed by atoms with Crippen molar-refractivity contribution in [3.8, 4) is 0 Å². The van der Waals surface area contributed by atoms with Gasteiger partial charge in [-0.1, -0.05) is 20.3 Å². The smallest absolute Gasteiger partial charge is 0.260 e. The van der Waals surface area contributed by atoms with Crippen molar-refractivity contribution in [3.63, 3.8) is 0 Å². The average molecular weight is 274 g/mol. The molecule has 18 heavy (non-hydrogen) atoms. The Bertz CT molecular complexity index is 467. The number of aryl methyl sites for hydroxylation is 1. The van der Waals surface area contributed by atoms with Crippen molar-refractivity contribution >= 4 is 10.0 Å². The fraction of sp³-hybridized carbons (Fsp3) is 0.727. The molecular weight excluding hydrogens is 252 g/mol. The van der Waals surface area contributed by atoms with Crippen molar-refractivity contribution < 1.29 is 8.42 Å². The molecule has 0 bridgehead atoms. The molecule has 0 unspecified atom stereocenters. The second kappa shape index (κ2) is 6.86. The van der Waals surface area contributed by atoms with E-state index in [1.165, 1.54) is 0 Å². The predicted octanol–water partition coefficient (Wildman–Crippen LogP) is 0.906. The highest BCUT2D eigenvalue weighted by molar-refractivity contribution is 7.89. The summed E-state index contributed by atoms with van der Waals surface area (Å²) < 4.78 is 26.7. The molecule has 0 atom stereocenters. The van der Waals surface area contributed by atoms with Gasteiger partial charge in [-0.3, -0.25) is 5.10 Å². The number of aromatic amines is 1. The fourth-order valence-corrected chi connectivity index (χ4v) is 2.83. The van der Waals surface area contributed by atoms with E-state index >= 15 is 0 Å². The minimum Gasteiger partial charge on any atom is -0.313 e. The van der Waals surface area contributed by atoms with Crippen LogP contribution in [0, 0.1) is 6.92 Å². The average Bonchev–Trinajstić information content (AvgIpc) is 2.69. The Labute approximate surface area is 109 Å². The first-order valence-corrected chi connectivity index (χ1v) is 7.75. The molecule has 0 aliphatic heterocycles. The van der Waals surface area contributed by atoms with Crippen LogP contribution in [0.2, 0.25) is 0 Å². The number of unbranched alkanes of at least 4 members (excludes halogenated alkanes) is 1. The van der Waals surface area contributed by atoms with E-state index in [9.17, 15) is 8.42 Å². The van der Waals surface area contributed by atoms with Crippen LogP contribution in [0.5, 0.6) is 0 Å². The summed E-state index contributed by atoms with van der Waals surface area (Å²) in [4.78, 5) is 0. The first-order chi connectivity index (χ1) is 8.53. The zero-order chi connectivity index (χ0) is 13.6. The molecule has 0 radical (unpaired) electrons. The molecule has 6 nitrogen and oxygen atoms in total. The van der Waals surface area contributed by atoms with Crippen LogP contribution in [0.1, 0.15) is 37.9 Å². The second-order valence-electron chi connectivity index (χ2n) is 4.16. The molecule has 0 saturated carbocycles. The van der Waals surface area contributed by atoms with E-state index in [0.29, 0.717) is 18.7 Å². The van der Waals surface area contributed by atoms with Crippen LogP contribution >= 0.6 is 0 Å². The van der Waals surface area contributed by atoms with Crippen LogP contribution in [-0.2, 0) is 16.6 Å². The number of sulfonamides is 1. The van der Waals surface area contributed by atoms with Gasteiger partial charge >= 0.3 is 0 Å². The lowest BCUT2D eigenvalue weighted by molar-refractivity contribution is 0.571. The minimum absolute atomic E-state index is 0.108. The Morgan fingerprint density at radius 3 is 2.67 bits per heavy atom. The van der Waals surface area contributed by atoms with E-state index in [1.54, 1.807) is 0 Å². The van der Waals surface area contributed by atoms with Gasteiger partial charge in [0, 0.05) is 24.3 Å². The molecule has 0 spiro atoms. The Morgan fingerprint density at radius 1 is 1.33 bits per heavy atom. The maximum absolute atomic E-state index is 12.1. The Morgan fingerprint density at radius 2 is 2.06 bits per heavy atom. The van der Waals surface area contributed by atoms with Crippen molar-refractivity contribution in [2.75, 3.05) is 13.1 Å². The van der Waals surface area contributed by atoms with Crippen molar-refractivity contribution in [2.45, 2.75) is 45.2 Å². The van der Waals surface area contributed by atoms with Gasteiger partial charge in [0.25, 0.3) is 10.0 Å². The highest BCUT2D eigenvalue weighted by atomic mass is 32.2. The van der Waals surface area contributed by atoms with Gasteiger partial charge in [0.2, 0.25) is 0 Å². The summed E-state index contributed by atoms with van der Waals surface area (Å²) in [6.07, 6.45) is 1.78. The molecule has 1 heterocycles. The molecule has 1 rings (SSSR count). The van der Waals surface area contributed by atoms with Crippen molar-refractivity contribution in [3.05, 3.63) is 11.3 Å². The zero-order valence-electron chi connectivity index (χ0n) is 11.2. The predicted molar refractivity (Wildman–Crippen MR) is 70.8 cm³/mol. The van der Waals surface area contributed by atoms with Gasteiger partial charge in [0.15, 0.2) is 5.03 Å². The highest BCUT2D eigenvalue weighted by Crippen LogP contribution is 2.15. The van der Waals surface area contributed by atoms with Gasteiger partial charge in [-0.25, -0.2) is 13.1 Å². The Kier molecular flexibility index (Phi) is 5.77. The molecule has 0 saturated heterocycles. The fourth-order valence-electron chi connectivity index (χ4n) is 1.56. The summed E-state index contributed by atoms with van der Waals surface area (Å²) in [6.45, 7) is 7.55. The van der Waals surface area contributed by atoms with Crippen LogP contribution in [0.15, 0.2) is 5.03 Å². The summed E-state index contributed by atoms with van der Waals surface area (Å²) in [7, 11) is -3.51. The molecule has 0 aliphatic carbocycles. The number of aromatic nitrogens is 2. The van der Waals surface area contributed by atoms with Gasteiger partial charge in [0.1, 0.15) is 0 Å². The third-order valence-corrected chi connectivity index (χ3v) is 4.10. The molecule has 0 aliphatic rings. The Hall–Kier alpha value is -0.920. The topological polar surface area (TPSA) is 86.9 Å². The van der Waals surface area contributed by atoms with Gasteiger partial charge < -0.3 is 5.32 Å². The summed E-state index contributed by atoms with van der Waals surface area (Å²) in [5.41, 5.74) is 1.49. The lowest BCUT2D eigenvalue weighted by Crippen LogP contribution is -2.27. The molecular formula is C11H22N4O2S. The SMILES string of the molecule is CCCCNS(=O)(=O)c1n[nH]c(C)c1CNCC. The number of nitrogens with zero attached hydrogens (tertiary/aromatic N) is 1. The number of rotatable bonds is 8. The first kappa shape index (κ1) is 15.1. The van der Waals surface area contributed by atoms with Crippen LogP contribution in [0.3, 0.4) is 0 Å². The van der Waals surface area contributed by atoms with Crippen LogP contribution in [-0.4, -0.2) is 31.7 Å². The molecule has 1 aromatic rings. The van der Waals surface area contributed by atoms with Crippen molar-refractivity contribution in [1.29, 1.82) is 0 Å². The second-order valence-corrected chi connectivity index (χ2v) is 5.85. The van der Waals surface area contributed by atoms with Crippen LogP contribution in [0.4, 0.5) is 0 Å². The highest BCUT2D eigenvalue weighted by Gasteiger charge is 2.22. The van der Waals surface area contributed by atoms with Gasteiger partial charge in [0.05, 0.1) is 0 Å². The van der Waals surface area contributed by atoms with E-state index in [-0.39, 0.29) is 5.03 Å². The van der Waals surface area contributed by atoms with Crippen molar-refractivity contribution in [2.24, 2.45) is 0 Å². The van der Waals surface area contributed by atoms with Crippen molar-refractivity contribution in [1.82, 2.24) is 20.2 Å². The number of nitrogens with one attached hydrogen (secondary N) is 3. The molecule has 0 amide bonds. The largest absolute Gasteiger partial charge is 0.313 e. The molecule has 3 N–H and O–H groups in total. The van der Waals surface area contributed by atoms with Gasteiger partial charge in [-0.05, 0) is 19.9 Å². The van der Waals surface area contributed by atoms with E-state index in [1.807, 2.05) is 20.8 Å². The van der Waals surface area contributed by atoms with Crippen LogP contribution < -0.4 is 10.0 Å². The van der Waals surface area contributed by atoms with Crippen LogP contribution in [0.25, 0.3) is 0 Å². The van der Waals surface area contributed by atoms with E-state index < -0.39 is 10.0 Å². The summed E-state index contributed by atoms with van der Waals surface area (Å²) in [5, 5.41) is 9.86. The third-order valence-electron chi connectivity index (χ3n) is 2.66. The van der Waals surface area contributed by atoms with Gasteiger partial charge in [-0.2, -0.15) is 5.10 Å². The number of hydrogen-bond acceptors (Lipinski definition) is 4. The molecule has 104 valence electrons. The third kappa shape index (κ3) is 3.79. The summed E-state index contributed by atoms with van der Waals surface area (Å²) in [5.74, 6) is 0. The summed E-state index contributed by atoms with van der Waals surface area (Å²) >= 11 is 0. The number of hydrogen-bond donors (Lipinski definition) is 3. The lowest BCUT2D eigenvalue weighted by atomic mass is 10.2. The maximum Gasteiger partial charge on any atom is 0.260 e. The Balaban J connectivity index is 2.87. The quantitative estimate of drug-likeness (QED) is 0.615. The molecule has 1 aromatic heterocycles. The van der Waals surface area contributed by atoms with E-state index in [2.05, 4.69) is 20.2 Å².